The van der Waals surface area contributed by atoms with Crippen molar-refractivity contribution in [2.75, 3.05) is 39.3 Å². The molecule has 0 aliphatic carbocycles. The van der Waals surface area contributed by atoms with Crippen LogP contribution in [0.5, 0.6) is 0 Å². The summed E-state index contributed by atoms with van der Waals surface area (Å²) in [6.07, 6.45) is 3.53. The zero-order valence-corrected chi connectivity index (χ0v) is 13.6. The first-order chi connectivity index (χ1) is 10.2. The van der Waals surface area contributed by atoms with Crippen LogP contribution in [0.2, 0.25) is 4.34 Å². The number of hydrogen-bond acceptors (Lipinski definition) is 5. The molecule has 0 bridgehead atoms. The van der Waals surface area contributed by atoms with E-state index in [-0.39, 0.29) is 6.03 Å². The van der Waals surface area contributed by atoms with Gasteiger partial charge < -0.3 is 9.80 Å². The molecule has 0 aromatic carbocycles. The van der Waals surface area contributed by atoms with Crippen molar-refractivity contribution in [2.24, 2.45) is 0 Å². The third kappa shape index (κ3) is 3.64. The van der Waals surface area contributed by atoms with Gasteiger partial charge in [0.25, 0.3) is 0 Å². The lowest BCUT2D eigenvalue weighted by atomic mass is 10.1. The van der Waals surface area contributed by atoms with Gasteiger partial charge in [-0.25, -0.2) is 4.79 Å². The van der Waals surface area contributed by atoms with E-state index in [0.717, 1.165) is 64.3 Å². The maximum Gasteiger partial charge on any atom is 0.320 e. The van der Waals surface area contributed by atoms with Gasteiger partial charge in [0.05, 0.1) is 0 Å². The minimum absolute atomic E-state index is 0.211. The second kappa shape index (κ2) is 6.89. The number of carbonyl (C=O) groups excluding carboxylic acids is 1. The van der Waals surface area contributed by atoms with Gasteiger partial charge in [0.2, 0.25) is 0 Å². The van der Waals surface area contributed by atoms with E-state index >= 15 is 0 Å². The molecule has 0 unspecified atom stereocenters. The number of carbonyl (C=O) groups is 1. The Hall–Kier alpha value is -0.920. The van der Waals surface area contributed by atoms with E-state index in [0.29, 0.717) is 4.34 Å². The monoisotopic (exact) mass is 329 g/mol. The number of piperidine rings is 1. The molecule has 8 heteroatoms. The SMILES string of the molecule is O=C(N1CCCCC1)N1CCN(Cc2nnsc2Cl)CC1. The fraction of sp³-hybridized carbons (Fsp3) is 0.769. The molecular formula is C13H20ClN5OS. The molecule has 0 atom stereocenters. The Morgan fingerprint density at radius 3 is 2.33 bits per heavy atom. The molecule has 0 spiro atoms. The lowest BCUT2D eigenvalue weighted by Crippen LogP contribution is -2.53. The summed E-state index contributed by atoms with van der Waals surface area (Å²) in [7, 11) is 0. The van der Waals surface area contributed by atoms with Gasteiger partial charge in [-0.05, 0) is 19.3 Å². The molecule has 0 N–H and O–H groups in total. The molecule has 116 valence electrons. The summed E-state index contributed by atoms with van der Waals surface area (Å²) >= 11 is 7.26. The molecule has 0 saturated carbocycles. The minimum Gasteiger partial charge on any atom is -0.325 e. The van der Waals surface area contributed by atoms with Gasteiger partial charge in [0.1, 0.15) is 10.0 Å². The summed E-state index contributed by atoms with van der Waals surface area (Å²) in [5.74, 6) is 0. The number of urea groups is 1. The fourth-order valence-corrected chi connectivity index (χ4v) is 3.50. The molecule has 2 saturated heterocycles. The molecule has 2 fully saturated rings. The summed E-state index contributed by atoms with van der Waals surface area (Å²) in [6, 6.07) is 0.211. The number of piperazine rings is 1. The highest BCUT2D eigenvalue weighted by Gasteiger charge is 2.26. The molecule has 3 heterocycles. The molecule has 0 radical (unpaired) electrons. The van der Waals surface area contributed by atoms with E-state index in [2.05, 4.69) is 14.5 Å². The maximum absolute atomic E-state index is 12.4. The first kappa shape index (κ1) is 15.0. The highest BCUT2D eigenvalue weighted by Crippen LogP contribution is 2.20. The molecular weight excluding hydrogens is 310 g/mol. The molecule has 3 rings (SSSR count). The van der Waals surface area contributed by atoms with Crippen molar-refractivity contribution in [1.29, 1.82) is 0 Å². The Morgan fingerprint density at radius 2 is 1.71 bits per heavy atom. The first-order valence-corrected chi connectivity index (χ1v) is 8.62. The van der Waals surface area contributed by atoms with Gasteiger partial charge in [-0.3, -0.25) is 4.90 Å². The van der Waals surface area contributed by atoms with Crippen LogP contribution < -0.4 is 0 Å². The Bertz CT molecular complexity index is 483. The van der Waals surface area contributed by atoms with Gasteiger partial charge in [-0.1, -0.05) is 16.1 Å². The van der Waals surface area contributed by atoms with Crippen LogP contribution in [0.1, 0.15) is 25.0 Å². The van der Waals surface area contributed by atoms with E-state index in [1.807, 2.05) is 9.80 Å². The third-order valence-corrected chi connectivity index (χ3v) is 5.14. The molecule has 2 aliphatic heterocycles. The highest BCUT2D eigenvalue weighted by atomic mass is 35.5. The number of hydrogen-bond donors (Lipinski definition) is 0. The minimum atomic E-state index is 0.211. The van der Waals surface area contributed by atoms with Crippen LogP contribution in [0.4, 0.5) is 4.79 Å². The van der Waals surface area contributed by atoms with Crippen molar-refractivity contribution in [3.05, 3.63) is 10.0 Å². The zero-order chi connectivity index (χ0) is 14.7. The van der Waals surface area contributed by atoms with Crippen LogP contribution in [-0.4, -0.2) is 69.6 Å². The first-order valence-electron chi connectivity index (χ1n) is 7.47. The summed E-state index contributed by atoms with van der Waals surface area (Å²) in [6.45, 7) is 5.86. The van der Waals surface area contributed by atoms with Crippen molar-refractivity contribution in [2.45, 2.75) is 25.8 Å². The van der Waals surface area contributed by atoms with Crippen molar-refractivity contribution in [1.82, 2.24) is 24.3 Å². The molecule has 6 nitrogen and oxygen atoms in total. The number of aromatic nitrogens is 2. The molecule has 1 aromatic heterocycles. The Balaban J connectivity index is 1.48. The topological polar surface area (TPSA) is 52.6 Å². The largest absolute Gasteiger partial charge is 0.325 e. The summed E-state index contributed by atoms with van der Waals surface area (Å²) in [5, 5.41) is 4.04. The average Bonchev–Trinajstić information content (AvgIpc) is 2.93. The quantitative estimate of drug-likeness (QED) is 0.831. The Kier molecular flexibility index (Phi) is 4.92. The second-order valence-electron chi connectivity index (χ2n) is 5.59. The van der Waals surface area contributed by atoms with E-state index in [1.165, 1.54) is 18.0 Å². The van der Waals surface area contributed by atoms with Gasteiger partial charge in [-0.2, -0.15) is 0 Å². The predicted molar refractivity (Wildman–Crippen MR) is 82.6 cm³/mol. The van der Waals surface area contributed by atoms with Crippen LogP contribution in [0, 0.1) is 0 Å². The number of amides is 2. The van der Waals surface area contributed by atoms with Crippen molar-refractivity contribution in [3.63, 3.8) is 0 Å². The smallest absolute Gasteiger partial charge is 0.320 e. The van der Waals surface area contributed by atoms with Gasteiger partial charge in [0.15, 0.2) is 0 Å². The van der Waals surface area contributed by atoms with Crippen LogP contribution in [-0.2, 0) is 6.54 Å². The average molecular weight is 330 g/mol. The Labute approximate surface area is 133 Å². The van der Waals surface area contributed by atoms with E-state index in [1.54, 1.807) is 0 Å². The zero-order valence-electron chi connectivity index (χ0n) is 12.0. The fourth-order valence-electron chi connectivity index (χ4n) is 2.89. The summed E-state index contributed by atoms with van der Waals surface area (Å²) in [4.78, 5) is 18.7. The Morgan fingerprint density at radius 1 is 1.05 bits per heavy atom. The van der Waals surface area contributed by atoms with Crippen LogP contribution in [0.15, 0.2) is 0 Å². The van der Waals surface area contributed by atoms with Crippen LogP contribution in [0.3, 0.4) is 0 Å². The van der Waals surface area contributed by atoms with Crippen molar-refractivity contribution >= 4 is 29.2 Å². The van der Waals surface area contributed by atoms with E-state index in [9.17, 15) is 4.79 Å². The third-order valence-electron chi connectivity index (χ3n) is 4.15. The number of rotatable bonds is 2. The normalized spacial score (nSPS) is 20.8. The molecule has 2 amide bonds. The van der Waals surface area contributed by atoms with Gasteiger partial charge in [-0.15, -0.1) is 5.10 Å². The van der Waals surface area contributed by atoms with Gasteiger partial charge in [0, 0.05) is 57.3 Å². The van der Waals surface area contributed by atoms with Crippen molar-refractivity contribution < 1.29 is 4.79 Å². The van der Waals surface area contributed by atoms with Crippen molar-refractivity contribution in [3.8, 4) is 0 Å². The van der Waals surface area contributed by atoms with Gasteiger partial charge >= 0.3 is 6.03 Å². The van der Waals surface area contributed by atoms with E-state index in [4.69, 9.17) is 11.6 Å². The standard InChI is InChI=1S/C13H20ClN5OS/c14-12-11(15-16-21-12)10-17-6-8-19(9-7-17)13(20)18-4-2-1-3-5-18/h1-10H2. The second-order valence-corrected chi connectivity index (χ2v) is 6.94. The van der Waals surface area contributed by atoms with Crippen LogP contribution in [0.25, 0.3) is 0 Å². The number of likely N-dealkylation sites (tertiary alicyclic amines) is 1. The summed E-state index contributed by atoms with van der Waals surface area (Å²) < 4.78 is 4.52. The predicted octanol–water partition coefficient (Wildman–Crippen LogP) is 1.91. The van der Waals surface area contributed by atoms with E-state index < -0.39 is 0 Å². The summed E-state index contributed by atoms with van der Waals surface area (Å²) in [5.41, 5.74) is 0.845. The number of nitrogens with zero attached hydrogens (tertiary/aromatic N) is 5. The maximum atomic E-state index is 12.4. The van der Waals surface area contributed by atoms with Crippen LogP contribution >= 0.6 is 23.1 Å². The molecule has 1 aromatic rings. The number of halogens is 1. The lowest BCUT2D eigenvalue weighted by molar-refractivity contribution is 0.104. The lowest BCUT2D eigenvalue weighted by Gasteiger charge is -2.38. The highest BCUT2D eigenvalue weighted by molar-refractivity contribution is 7.10. The molecule has 2 aliphatic rings. The molecule has 21 heavy (non-hydrogen) atoms.